The summed E-state index contributed by atoms with van der Waals surface area (Å²) in [6.45, 7) is 8.86. The Morgan fingerprint density at radius 3 is 2.43 bits per heavy atom. The van der Waals surface area contributed by atoms with Crippen molar-refractivity contribution in [3.63, 3.8) is 0 Å². The minimum Gasteiger partial charge on any atom is -0.507 e. The maximum Gasteiger partial charge on any atom is 0.129 e. The fourth-order valence-electron chi connectivity index (χ4n) is 2.79. The van der Waals surface area contributed by atoms with Gasteiger partial charge in [0, 0.05) is 32.2 Å². The first-order valence-corrected chi connectivity index (χ1v) is 7.86. The van der Waals surface area contributed by atoms with Crippen molar-refractivity contribution < 1.29 is 5.11 Å². The molecule has 2 atom stereocenters. The molecule has 1 saturated heterocycles. The SMILES string of the molecule is CCC(C)[C@@H](c1ccc(O)c(Br)c1)N1CCNCC1.Cl.Cl. The number of rotatable bonds is 4. The Kier molecular flexibility index (Phi) is 9.90. The number of hydrogen-bond donors (Lipinski definition) is 2. The molecule has 0 aliphatic carbocycles. The van der Waals surface area contributed by atoms with Crippen LogP contribution in [0.5, 0.6) is 5.75 Å². The van der Waals surface area contributed by atoms with Crippen LogP contribution in [0.1, 0.15) is 31.9 Å². The summed E-state index contributed by atoms with van der Waals surface area (Å²) in [4.78, 5) is 2.56. The highest BCUT2D eigenvalue weighted by molar-refractivity contribution is 9.10. The Labute approximate surface area is 148 Å². The van der Waals surface area contributed by atoms with E-state index in [4.69, 9.17) is 0 Å². The molecule has 2 N–H and O–H groups in total. The van der Waals surface area contributed by atoms with Crippen molar-refractivity contribution in [2.45, 2.75) is 26.3 Å². The molecule has 1 heterocycles. The van der Waals surface area contributed by atoms with Gasteiger partial charge in [-0.15, -0.1) is 24.8 Å². The minimum absolute atomic E-state index is 0. The van der Waals surface area contributed by atoms with Crippen LogP contribution in [-0.4, -0.2) is 36.2 Å². The van der Waals surface area contributed by atoms with Crippen LogP contribution in [0.2, 0.25) is 0 Å². The molecule has 1 aliphatic heterocycles. The van der Waals surface area contributed by atoms with Crippen molar-refractivity contribution >= 4 is 40.7 Å². The minimum atomic E-state index is 0. The third kappa shape index (κ3) is 5.29. The third-order valence-corrected chi connectivity index (χ3v) is 4.68. The Hall–Kier alpha value is -0.000000000000000111. The lowest BCUT2D eigenvalue weighted by atomic mass is 9.90. The molecule has 1 aromatic rings. The highest BCUT2D eigenvalue weighted by atomic mass is 79.9. The molecular weight excluding hydrogens is 375 g/mol. The largest absolute Gasteiger partial charge is 0.507 e. The average molecular weight is 400 g/mol. The molecule has 0 saturated carbocycles. The topological polar surface area (TPSA) is 35.5 Å². The number of hydrogen-bond acceptors (Lipinski definition) is 3. The van der Waals surface area contributed by atoms with Crippen molar-refractivity contribution in [3.8, 4) is 5.75 Å². The molecule has 0 spiro atoms. The van der Waals surface area contributed by atoms with Crippen molar-refractivity contribution in [3.05, 3.63) is 28.2 Å². The molecule has 1 aliphatic rings. The Balaban J connectivity index is 0.00000200. The molecule has 21 heavy (non-hydrogen) atoms. The molecule has 0 aromatic heterocycles. The Morgan fingerprint density at radius 2 is 1.90 bits per heavy atom. The Morgan fingerprint density at radius 1 is 1.29 bits per heavy atom. The molecule has 1 unspecified atom stereocenters. The van der Waals surface area contributed by atoms with Crippen LogP contribution in [-0.2, 0) is 0 Å². The standard InChI is InChI=1S/C15H23BrN2O.2ClH/c1-3-11(2)15(18-8-6-17-7-9-18)12-4-5-14(19)13(16)10-12;;/h4-5,10-11,15,17,19H,3,6-9H2,1-2H3;2*1H/t11?,15-;;/m0../s1. The van der Waals surface area contributed by atoms with Crippen molar-refractivity contribution in [1.82, 2.24) is 10.2 Å². The first-order chi connectivity index (χ1) is 9.13. The summed E-state index contributed by atoms with van der Waals surface area (Å²) >= 11 is 3.43. The lowest BCUT2D eigenvalue weighted by molar-refractivity contribution is 0.128. The zero-order chi connectivity index (χ0) is 13.8. The van der Waals surface area contributed by atoms with Gasteiger partial charge in [-0.3, -0.25) is 4.90 Å². The van der Waals surface area contributed by atoms with Crippen molar-refractivity contribution in [2.75, 3.05) is 26.2 Å². The molecule has 0 bridgehead atoms. The van der Waals surface area contributed by atoms with Crippen LogP contribution in [0.25, 0.3) is 0 Å². The fraction of sp³-hybridized carbons (Fsp3) is 0.600. The molecule has 6 heteroatoms. The smallest absolute Gasteiger partial charge is 0.129 e. The molecule has 0 radical (unpaired) electrons. The molecule has 3 nitrogen and oxygen atoms in total. The van der Waals surface area contributed by atoms with Crippen LogP contribution in [0.3, 0.4) is 0 Å². The first kappa shape index (κ1) is 21.0. The van der Waals surface area contributed by atoms with Gasteiger partial charge in [0.2, 0.25) is 0 Å². The fourth-order valence-corrected chi connectivity index (χ4v) is 3.19. The lowest BCUT2D eigenvalue weighted by Gasteiger charge is -2.38. The lowest BCUT2D eigenvalue weighted by Crippen LogP contribution is -2.46. The van der Waals surface area contributed by atoms with Gasteiger partial charge >= 0.3 is 0 Å². The van der Waals surface area contributed by atoms with E-state index < -0.39 is 0 Å². The maximum atomic E-state index is 9.66. The molecule has 122 valence electrons. The van der Waals surface area contributed by atoms with Gasteiger partial charge in [-0.25, -0.2) is 0 Å². The van der Waals surface area contributed by atoms with E-state index in [2.05, 4.69) is 52.1 Å². The van der Waals surface area contributed by atoms with Crippen LogP contribution in [0.4, 0.5) is 0 Å². The summed E-state index contributed by atoms with van der Waals surface area (Å²) in [5.41, 5.74) is 1.29. The average Bonchev–Trinajstić information content (AvgIpc) is 2.44. The van der Waals surface area contributed by atoms with Gasteiger partial charge in [-0.1, -0.05) is 26.3 Å². The summed E-state index contributed by atoms with van der Waals surface area (Å²) in [7, 11) is 0. The summed E-state index contributed by atoms with van der Waals surface area (Å²) in [6.07, 6.45) is 1.16. The van der Waals surface area contributed by atoms with E-state index in [1.54, 1.807) is 6.07 Å². The summed E-state index contributed by atoms with van der Waals surface area (Å²) in [5, 5.41) is 13.1. The predicted molar refractivity (Wildman–Crippen MR) is 96.9 cm³/mol. The van der Waals surface area contributed by atoms with Crippen LogP contribution < -0.4 is 5.32 Å². The van der Waals surface area contributed by atoms with Crippen LogP contribution in [0.15, 0.2) is 22.7 Å². The zero-order valence-corrected chi connectivity index (χ0v) is 15.7. The second kappa shape index (κ2) is 9.90. The number of nitrogens with zero attached hydrogens (tertiary/aromatic N) is 1. The molecule has 2 rings (SSSR count). The second-order valence-corrected chi connectivity index (χ2v) is 6.18. The van der Waals surface area contributed by atoms with Gasteiger partial charge in [0.25, 0.3) is 0 Å². The molecular formula is C15H25BrCl2N2O. The monoisotopic (exact) mass is 398 g/mol. The number of phenols is 1. The van der Waals surface area contributed by atoms with Gasteiger partial charge in [-0.2, -0.15) is 0 Å². The summed E-state index contributed by atoms with van der Waals surface area (Å²) in [5.74, 6) is 0.918. The van der Waals surface area contributed by atoms with Crippen molar-refractivity contribution in [1.29, 1.82) is 0 Å². The van der Waals surface area contributed by atoms with Gasteiger partial charge in [0.15, 0.2) is 0 Å². The van der Waals surface area contributed by atoms with Gasteiger partial charge in [0.05, 0.1) is 4.47 Å². The summed E-state index contributed by atoms with van der Waals surface area (Å²) < 4.78 is 0.786. The second-order valence-electron chi connectivity index (χ2n) is 5.33. The number of phenolic OH excluding ortho intramolecular Hbond substituents is 1. The number of benzene rings is 1. The van der Waals surface area contributed by atoms with E-state index in [-0.39, 0.29) is 24.8 Å². The molecule has 1 fully saturated rings. The number of piperazine rings is 1. The first-order valence-electron chi connectivity index (χ1n) is 7.06. The number of halogens is 3. The van der Waals surface area contributed by atoms with E-state index in [0.29, 0.717) is 17.7 Å². The van der Waals surface area contributed by atoms with E-state index in [1.165, 1.54) is 5.56 Å². The molecule has 1 aromatic carbocycles. The van der Waals surface area contributed by atoms with Crippen molar-refractivity contribution in [2.24, 2.45) is 5.92 Å². The number of aromatic hydroxyl groups is 1. The van der Waals surface area contributed by atoms with E-state index in [0.717, 1.165) is 37.1 Å². The normalized spacial score (nSPS) is 18.2. The van der Waals surface area contributed by atoms with Crippen LogP contribution >= 0.6 is 40.7 Å². The van der Waals surface area contributed by atoms with E-state index in [1.807, 2.05) is 0 Å². The quantitative estimate of drug-likeness (QED) is 0.803. The third-order valence-electron chi connectivity index (χ3n) is 4.04. The highest BCUT2D eigenvalue weighted by Gasteiger charge is 2.26. The maximum absolute atomic E-state index is 9.66. The zero-order valence-electron chi connectivity index (χ0n) is 12.5. The Bertz CT molecular complexity index is 428. The van der Waals surface area contributed by atoms with Gasteiger partial charge in [-0.05, 0) is 39.5 Å². The van der Waals surface area contributed by atoms with Gasteiger partial charge in [0.1, 0.15) is 5.75 Å². The number of nitrogens with one attached hydrogen (secondary N) is 1. The summed E-state index contributed by atoms with van der Waals surface area (Å²) in [6, 6.07) is 6.34. The molecule has 0 amide bonds. The van der Waals surface area contributed by atoms with Gasteiger partial charge < -0.3 is 10.4 Å². The predicted octanol–water partition coefficient (Wildman–Crippen LogP) is 3.99. The highest BCUT2D eigenvalue weighted by Crippen LogP contribution is 2.34. The van der Waals surface area contributed by atoms with Crippen LogP contribution in [0, 0.1) is 5.92 Å². The van der Waals surface area contributed by atoms with E-state index in [9.17, 15) is 5.11 Å². The van der Waals surface area contributed by atoms with E-state index >= 15 is 0 Å².